The van der Waals surface area contributed by atoms with Crippen LogP contribution in [0.2, 0.25) is 0 Å². The zero-order valence-corrected chi connectivity index (χ0v) is 10.6. The third kappa shape index (κ3) is 4.86. The number of nitrogens with zero attached hydrogens (tertiary/aromatic N) is 1. The molecular weight excluding hydrogens is 226 g/mol. The maximum Gasteiger partial charge on any atom is 0.118 e. The minimum Gasteiger partial charge on any atom is -0.497 e. The predicted octanol–water partition coefficient (Wildman–Crippen LogP) is 2.93. The lowest BCUT2D eigenvalue weighted by molar-refractivity contribution is 0.227. The van der Waals surface area contributed by atoms with Gasteiger partial charge in [0.15, 0.2) is 0 Å². The highest BCUT2D eigenvalue weighted by atomic mass is 16.5. The smallest absolute Gasteiger partial charge is 0.118 e. The van der Waals surface area contributed by atoms with Crippen molar-refractivity contribution in [1.29, 1.82) is 5.26 Å². The third-order valence-corrected chi connectivity index (χ3v) is 2.47. The molecule has 0 aliphatic carbocycles. The molecule has 18 heavy (non-hydrogen) atoms. The molecule has 1 aromatic rings. The van der Waals surface area contributed by atoms with E-state index in [0.717, 1.165) is 11.3 Å². The van der Waals surface area contributed by atoms with Gasteiger partial charge in [0.05, 0.1) is 19.3 Å². The summed E-state index contributed by atoms with van der Waals surface area (Å²) in [4.78, 5) is 0. The molecule has 0 saturated carbocycles. The molecule has 0 spiro atoms. The number of hydrogen-bond acceptors (Lipinski definition) is 3. The first-order valence-electron chi connectivity index (χ1n) is 5.73. The Morgan fingerprint density at radius 2 is 2.11 bits per heavy atom. The molecular formula is C15H17NO2. The molecule has 0 saturated heterocycles. The summed E-state index contributed by atoms with van der Waals surface area (Å²) in [5.41, 5.74) is 1.61. The normalized spacial score (nSPS) is 13.3. The van der Waals surface area contributed by atoms with Crippen molar-refractivity contribution in [1.82, 2.24) is 0 Å². The van der Waals surface area contributed by atoms with Crippen molar-refractivity contribution < 1.29 is 9.84 Å². The zero-order chi connectivity index (χ0) is 13.4. The van der Waals surface area contributed by atoms with Crippen LogP contribution in [0.5, 0.6) is 5.75 Å². The predicted molar refractivity (Wildman–Crippen MR) is 72.0 cm³/mol. The van der Waals surface area contributed by atoms with Gasteiger partial charge >= 0.3 is 0 Å². The lowest BCUT2D eigenvalue weighted by Crippen LogP contribution is -1.99. The number of methoxy groups -OCH3 is 1. The van der Waals surface area contributed by atoms with E-state index in [9.17, 15) is 5.11 Å². The average molecular weight is 243 g/mol. The van der Waals surface area contributed by atoms with Gasteiger partial charge < -0.3 is 9.84 Å². The van der Waals surface area contributed by atoms with Crippen LogP contribution in [-0.4, -0.2) is 18.3 Å². The Kier molecular flexibility index (Phi) is 5.69. The van der Waals surface area contributed by atoms with Gasteiger partial charge in [0, 0.05) is 5.57 Å². The molecule has 1 aromatic carbocycles. The van der Waals surface area contributed by atoms with Crippen LogP contribution in [0.1, 0.15) is 18.9 Å². The third-order valence-electron chi connectivity index (χ3n) is 2.47. The van der Waals surface area contributed by atoms with Crippen molar-refractivity contribution in [2.45, 2.75) is 19.4 Å². The molecule has 0 amide bonds. The van der Waals surface area contributed by atoms with Gasteiger partial charge in [-0.25, -0.2) is 0 Å². The van der Waals surface area contributed by atoms with Crippen molar-refractivity contribution in [2.75, 3.05) is 7.11 Å². The van der Waals surface area contributed by atoms with Gasteiger partial charge in [0.1, 0.15) is 5.75 Å². The van der Waals surface area contributed by atoms with Crippen molar-refractivity contribution in [3.05, 3.63) is 47.6 Å². The molecule has 1 atom stereocenters. The van der Waals surface area contributed by atoms with Gasteiger partial charge in [-0.05, 0) is 31.0 Å². The van der Waals surface area contributed by atoms with E-state index in [-0.39, 0.29) is 0 Å². The van der Waals surface area contributed by atoms with Gasteiger partial charge in [-0.15, -0.1) is 0 Å². The van der Waals surface area contributed by atoms with Gasteiger partial charge in [0.2, 0.25) is 0 Å². The molecule has 0 fully saturated rings. The number of rotatable bonds is 5. The van der Waals surface area contributed by atoms with E-state index in [4.69, 9.17) is 10.00 Å². The monoisotopic (exact) mass is 243 g/mol. The van der Waals surface area contributed by atoms with E-state index in [1.54, 1.807) is 26.2 Å². The van der Waals surface area contributed by atoms with Gasteiger partial charge in [0.25, 0.3) is 0 Å². The lowest BCUT2D eigenvalue weighted by atomic mass is 10.1. The van der Waals surface area contributed by atoms with E-state index in [1.807, 2.05) is 36.4 Å². The Morgan fingerprint density at radius 1 is 1.44 bits per heavy atom. The second-order valence-corrected chi connectivity index (χ2v) is 3.93. The SMILES string of the molecule is COc1ccc(/C=C/[C@H](O)C/C=C(\C)C#N)cc1. The molecule has 1 N–H and O–H groups in total. The second-order valence-electron chi connectivity index (χ2n) is 3.93. The second kappa shape index (κ2) is 7.31. The van der Waals surface area contributed by atoms with E-state index in [2.05, 4.69) is 0 Å². The van der Waals surface area contributed by atoms with Gasteiger partial charge in [-0.3, -0.25) is 0 Å². The maximum absolute atomic E-state index is 9.69. The molecule has 0 aliphatic rings. The highest BCUT2D eigenvalue weighted by Gasteiger charge is 1.97. The highest BCUT2D eigenvalue weighted by molar-refractivity contribution is 5.51. The van der Waals surface area contributed by atoms with Crippen LogP contribution in [0.15, 0.2) is 42.0 Å². The first kappa shape index (κ1) is 14.0. The summed E-state index contributed by atoms with van der Waals surface area (Å²) in [6.07, 6.45) is 5.16. The van der Waals surface area contributed by atoms with Gasteiger partial charge in [-0.1, -0.05) is 30.4 Å². The van der Waals surface area contributed by atoms with Crippen molar-refractivity contribution in [3.8, 4) is 11.8 Å². The summed E-state index contributed by atoms with van der Waals surface area (Å²) in [6, 6.07) is 9.58. The molecule has 0 aliphatic heterocycles. The summed E-state index contributed by atoms with van der Waals surface area (Å²) < 4.78 is 5.06. The molecule has 0 unspecified atom stereocenters. The standard InChI is InChI=1S/C15H17NO2/c1-12(11-16)3-7-14(17)8-4-13-5-9-15(18-2)10-6-13/h3-6,8-10,14,17H,7H2,1-2H3/b8-4+,12-3+/t14-/m1/s1. The van der Waals surface area contributed by atoms with Crippen LogP contribution in [0.3, 0.4) is 0 Å². The minimum absolute atomic E-state index is 0.450. The molecule has 94 valence electrons. The number of nitriles is 1. The fourth-order valence-electron chi connectivity index (χ4n) is 1.36. The number of aliphatic hydroxyl groups excluding tert-OH is 1. The number of hydrogen-bond donors (Lipinski definition) is 1. The van der Waals surface area contributed by atoms with Crippen LogP contribution in [0.4, 0.5) is 0 Å². The largest absolute Gasteiger partial charge is 0.497 e. The number of aliphatic hydroxyl groups is 1. The fraction of sp³-hybridized carbons (Fsp3) is 0.267. The molecule has 3 heteroatoms. The van der Waals surface area contributed by atoms with Crippen LogP contribution in [0.25, 0.3) is 6.08 Å². The van der Waals surface area contributed by atoms with Gasteiger partial charge in [-0.2, -0.15) is 5.26 Å². The van der Waals surface area contributed by atoms with Crippen LogP contribution in [0, 0.1) is 11.3 Å². The van der Waals surface area contributed by atoms with Crippen molar-refractivity contribution in [3.63, 3.8) is 0 Å². The van der Waals surface area contributed by atoms with Crippen LogP contribution >= 0.6 is 0 Å². The van der Waals surface area contributed by atoms with Crippen molar-refractivity contribution >= 4 is 6.08 Å². The van der Waals surface area contributed by atoms with Crippen molar-refractivity contribution in [2.24, 2.45) is 0 Å². The first-order chi connectivity index (χ1) is 8.65. The number of benzene rings is 1. The molecule has 3 nitrogen and oxygen atoms in total. The Labute approximate surface area is 108 Å². The number of allylic oxidation sites excluding steroid dienone is 1. The summed E-state index contributed by atoms with van der Waals surface area (Å²) in [7, 11) is 1.62. The van der Waals surface area contributed by atoms with E-state index in [0.29, 0.717) is 12.0 Å². The summed E-state index contributed by atoms with van der Waals surface area (Å²) >= 11 is 0. The summed E-state index contributed by atoms with van der Waals surface area (Å²) in [6.45, 7) is 1.72. The molecule has 0 radical (unpaired) electrons. The quantitative estimate of drug-likeness (QED) is 0.809. The first-order valence-corrected chi connectivity index (χ1v) is 5.73. The van der Waals surface area contributed by atoms with E-state index >= 15 is 0 Å². The average Bonchev–Trinajstić information content (AvgIpc) is 2.42. The Hall–Kier alpha value is -2.05. The zero-order valence-electron chi connectivity index (χ0n) is 10.6. The highest BCUT2D eigenvalue weighted by Crippen LogP contribution is 2.13. The Morgan fingerprint density at radius 3 is 2.67 bits per heavy atom. The van der Waals surface area contributed by atoms with E-state index in [1.165, 1.54) is 0 Å². The minimum atomic E-state index is -0.574. The molecule has 0 aromatic heterocycles. The summed E-state index contributed by atoms with van der Waals surface area (Å²) in [5.74, 6) is 0.806. The topological polar surface area (TPSA) is 53.2 Å². The van der Waals surface area contributed by atoms with E-state index < -0.39 is 6.10 Å². The van der Waals surface area contributed by atoms with Crippen LogP contribution < -0.4 is 4.74 Å². The molecule has 0 bridgehead atoms. The maximum atomic E-state index is 9.69. The Bertz CT molecular complexity index is 466. The number of ether oxygens (including phenoxy) is 1. The Balaban J connectivity index is 2.55. The molecule has 0 heterocycles. The fourth-order valence-corrected chi connectivity index (χ4v) is 1.36. The summed E-state index contributed by atoms with van der Waals surface area (Å²) in [5, 5.41) is 18.3. The lowest BCUT2D eigenvalue weighted by Gasteiger charge is -2.02. The van der Waals surface area contributed by atoms with Crippen LogP contribution in [-0.2, 0) is 0 Å². The molecule has 1 rings (SSSR count).